The highest BCUT2D eigenvalue weighted by Crippen LogP contribution is 2.32. The molecule has 1 aliphatic heterocycles. The number of amides is 1. The molecule has 1 unspecified atom stereocenters. The third-order valence-electron chi connectivity index (χ3n) is 4.34. The van der Waals surface area contributed by atoms with E-state index in [0.29, 0.717) is 34.8 Å². The van der Waals surface area contributed by atoms with Gasteiger partial charge < -0.3 is 20.7 Å². The Bertz CT molecular complexity index is 884. The van der Waals surface area contributed by atoms with Gasteiger partial charge in [-0.1, -0.05) is 6.92 Å². The molecule has 0 spiro atoms. The van der Waals surface area contributed by atoms with E-state index in [1.807, 2.05) is 6.92 Å². The summed E-state index contributed by atoms with van der Waals surface area (Å²) in [5.41, 5.74) is 2.25. The van der Waals surface area contributed by atoms with Gasteiger partial charge in [-0.25, -0.2) is 8.78 Å². The Hall–Kier alpha value is -2.93. The van der Waals surface area contributed by atoms with Crippen LogP contribution in [-0.4, -0.2) is 25.7 Å². The summed E-state index contributed by atoms with van der Waals surface area (Å²) in [6, 6.07) is 8.79. The number of anilines is 3. The van der Waals surface area contributed by atoms with Gasteiger partial charge in [-0.15, -0.1) is 0 Å². The summed E-state index contributed by atoms with van der Waals surface area (Å²) in [5, 5.41) is 8.63. The van der Waals surface area contributed by atoms with Gasteiger partial charge in [0.2, 0.25) is 0 Å². The fourth-order valence-electron chi connectivity index (χ4n) is 2.87. The molecule has 142 valence electrons. The number of nitrogens with one attached hydrogen (secondary N) is 3. The van der Waals surface area contributed by atoms with Crippen molar-refractivity contribution < 1.29 is 18.3 Å². The summed E-state index contributed by atoms with van der Waals surface area (Å²) < 4.78 is 32.7. The SMILES string of the molecule is CCC(COC)Nc1ccc(N/C=C2\C(=O)Nc3cc(F)ccc32)cc1F. The van der Waals surface area contributed by atoms with Crippen LogP contribution in [0.15, 0.2) is 42.6 Å². The lowest BCUT2D eigenvalue weighted by atomic mass is 10.1. The van der Waals surface area contributed by atoms with Crippen molar-refractivity contribution in [3.63, 3.8) is 0 Å². The zero-order valence-electron chi connectivity index (χ0n) is 15.1. The van der Waals surface area contributed by atoms with Crippen LogP contribution in [0.1, 0.15) is 18.9 Å². The summed E-state index contributed by atoms with van der Waals surface area (Å²) in [7, 11) is 1.60. The third-order valence-corrected chi connectivity index (χ3v) is 4.34. The Balaban J connectivity index is 1.75. The van der Waals surface area contributed by atoms with Crippen molar-refractivity contribution in [3.05, 3.63) is 59.8 Å². The standard InChI is InChI=1S/C20H21F2N3O2/c1-3-13(11-27-2)24-18-7-5-14(9-17(18)22)23-10-16-15-6-4-12(21)8-19(15)25-20(16)26/h4-10,13,23-24H,3,11H2,1-2H3,(H,25,26)/b16-10-. The minimum atomic E-state index is -0.424. The van der Waals surface area contributed by atoms with Gasteiger partial charge in [0, 0.05) is 30.6 Å². The molecule has 1 heterocycles. The van der Waals surface area contributed by atoms with Crippen molar-refractivity contribution in [2.24, 2.45) is 0 Å². The number of halogens is 2. The number of ether oxygens (including phenoxy) is 1. The van der Waals surface area contributed by atoms with Crippen LogP contribution in [0.2, 0.25) is 0 Å². The highest BCUT2D eigenvalue weighted by atomic mass is 19.1. The molecule has 1 amide bonds. The number of carbonyl (C=O) groups is 1. The maximum Gasteiger partial charge on any atom is 0.257 e. The number of methoxy groups -OCH3 is 1. The van der Waals surface area contributed by atoms with Gasteiger partial charge in [-0.3, -0.25) is 4.79 Å². The highest BCUT2D eigenvalue weighted by Gasteiger charge is 2.24. The molecule has 5 nitrogen and oxygen atoms in total. The summed E-state index contributed by atoms with van der Waals surface area (Å²) in [6.07, 6.45) is 2.29. The van der Waals surface area contributed by atoms with Crippen LogP contribution in [-0.2, 0) is 9.53 Å². The fraction of sp³-hybridized carbons (Fsp3) is 0.250. The first-order valence-electron chi connectivity index (χ1n) is 8.64. The molecule has 3 rings (SSSR count). The molecule has 1 atom stereocenters. The number of fused-ring (bicyclic) bond motifs is 1. The maximum absolute atomic E-state index is 14.4. The summed E-state index contributed by atoms with van der Waals surface area (Å²) in [5.74, 6) is -1.18. The fourth-order valence-corrected chi connectivity index (χ4v) is 2.87. The summed E-state index contributed by atoms with van der Waals surface area (Å²) in [4.78, 5) is 12.1. The van der Waals surface area contributed by atoms with Gasteiger partial charge in [-0.05, 0) is 42.8 Å². The van der Waals surface area contributed by atoms with Gasteiger partial charge in [0.25, 0.3) is 5.91 Å². The molecular weight excluding hydrogens is 352 g/mol. The summed E-state index contributed by atoms with van der Waals surface area (Å²) >= 11 is 0. The van der Waals surface area contributed by atoms with E-state index in [1.165, 1.54) is 30.5 Å². The monoisotopic (exact) mass is 373 g/mol. The molecule has 7 heteroatoms. The molecule has 27 heavy (non-hydrogen) atoms. The van der Waals surface area contributed by atoms with Crippen LogP contribution >= 0.6 is 0 Å². The molecule has 0 aromatic heterocycles. The van der Waals surface area contributed by atoms with Crippen molar-refractivity contribution in [2.45, 2.75) is 19.4 Å². The Labute approximate surface area is 156 Å². The van der Waals surface area contributed by atoms with E-state index < -0.39 is 11.6 Å². The lowest BCUT2D eigenvalue weighted by molar-refractivity contribution is -0.110. The Kier molecular flexibility index (Phi) is 5.71. The molecule has 3 N–H and O–H groups in total. The normalized spacial score (nSPS) is 15.4. The van der Waals surface area contributed by atoms with Gasteiger partial charge in [0.1, 0.15) is 11.6 Å². The minimum Gasteiger partial charge on any atom is -0.383 e. The molecule has 0 fully saturated rings. The minimum absolute atomic E-state index is 0.0181. The van der Waals surface area contributed by atoms with Crippen molar-refractivity contribution in [2.75, 3.05) is 29.7 Å². The second kappa shape index (κ2) is 8.18. The number of hydrogen-bond acceptors (Lipinski definition) is 4. The van der Waals surface area contributed by atoms with E-state index in [-0.39, 0.29) is 11.9 Å². The van der Waals surface area contributed by atoms with Crippen LogP contribution in [0.4, 0.5) is 25.8 Å². The highest BCUT2D eigenvalue weighted by molar-refractivity contribution is 6.31. The molecule has 2 aromatic rings. The lowest BCUT2D eigenvalue weighted by Gasteiger charge is -2.18. The number of carbonyl (C=O) groups excluding carboxylic acids is 1. The van der Waals surface area contributed by atoms with Gasteiger partial charge in [0.05, 0.1) is 23.6 Å². The van der Waals surface area contributed by atoms with Crippen LogP contribution in [0, 0.1) is 11.6 Å². The molecule has 1 aliphatic rings. The van der Waals surface area contributed by atoms with Crippen molar-refractivity contribution >= 4 is 28.5 Å². The average Bonchev–Trinajstić information content (AvgIpc) is 2.95. The van der Waals surface area contributed by atoms with Crippen molar-refractivity contribution in [1.29, 1.82) is 0 Å². The molecule has 0 radical (unpaired) electrons. The number of hydrogen-bond donors (Lipinski definition) is 3. The Morgan fingerprint density at radius 1 is 1.22 bits per heavy atom. The molecule has 2 aromatic carbocycles. The van der Waals surface area contributed by atoms with Gasteiger partial charge >= 0.3 is 0 Å². The lowest BCUT2D eigenvalue weighted by Crippen LogP contribution is -2.24. The first kappa shape index (κ1) is 18.8. The first-order chi connectivity index (χ1) is 13.0. The smallest absolute Gasteiger partial charge is 0.257 e. The van der Waals surface area contributed by atoms with Crippen LogP contribution in [0.5, 0.6) is 0 Å². The van der Waals surface area contributed by atoms with E-state index >= 15 is 0 Å². The van der Waals surface area contributed by atoms with Crippen LogP contribution in [0.3, 0.4) is 0 Å². The zero-order valence-corrected chi connectivity index (χ0v) is 15.1. The second-order valence-corrected chi connectivity index (χ2v) is 6.25. The van der Waals surface area contributed by atoms with Gasteiger partial charge in [0.15, 0.2) is 0 Å². The molecule has 0 saturated heterocycles. The van der Waals surface area contributed by atoms with Crippen LogP contribution < -0.4 is 16.0 Å². The topological polar surface area (TPSA) is 62.4 Å². The Morgan fingerprint density at radius 2 is 2.04 bits per heavy atom. The number of benzene rings is 2. The van der Waals surface area contributed by atoms with E-state index in [0.717, 1.165) is 6.42 Å². The first-order valence-corrected chi connectivity index (χ1v) is 8.64. The van der Waals surface area contributed by atoms with Gasteiger partial charge in [-0.2, -0.15) is 0 Å². The average molecular weight is 373 g/mol. The van der Waals surface area contributed by atoms with E-state index in [2.05, 4.69) is 16.0 Å². The maximum atomic E-state index is 14.4. The second-order valence-electron chi connectivity index (χ2n) is 6.25. The number of rotatable bonds is 7. The zero-order chi connectivity index (χ0) is 19.4. The summed E-state index contributed by atoms with van der Waals surface area (Å²) in [6.45, 7) is 2.48. The van der Waals surface area contributed by atoms with E-state index in [9.17, 15) is 13.6 Å². The molecule has 0 aliphatic carbocycles. The van der Waals surface area contributed by atoms with E-state index in [1.54, 1.807) is 19.2 Å². The molecule has 0 bridgehead atoms. The molecule has 0 saturated carbocycles. The largest absolute Gasteiger partial charge is 0.383 e. The Morgan fingerprint density at radius 3 is 2.74 bits per heavy atom. The van der Waals surface area contributed by atoms with Crippen molar-refractivity contribution in [1.82, 2.24) is 0 Å². The predicted octanol–water partition coefficient (Wildman–Crippen LogP) is 4.21. The predicted molar refractivity (Wildman–Crippen MR) is 103 cm³/mol. The van der Waals surface area contributed by atoms with E-state index in [4.69, 9.17) is 4.74 Å². The van der Waals surface area contributed by atoms with Crippen molar-refractivity contribution in [3.8, 4) is 0 Å². The third kappa shape index (κ3) is 4.25. The van der Waals surface area contributed by atoms with Crippen LogP contribution in [0.25, 0.3) is 5.57 Å². The molecular formula is C20H21F2N3O2. The quantitative estimate of drug-likeness (QED) is 0.637.